The van der Waals surface area contributed by atoms with E-state index in [1.54, 1.807) is 6.33 Å². The van der Waals surface area contributed by atoms with Crippen molar-refractivity contribution < 1.29 is 0 Å². The number of nitrogens with one attached hydrogen (secondary N) is 1. The highest BCUT2D eigenvalue weighted by molar-refractivity contribution is 5.31. The van der Waals surface area contributed by atoms with Gasteiger partial charge in [0.25, 0.3) is 0 Å². The van der Waals surface area contributed by atoms with Crippen LogP contribution in [-0.4, -0.2) is 21.5 Å². The van der Waals surface area contributed by atoms with Crippen LogP contribution < -0.4 is 5.32 Å². The van der Waals surface area contributed by atoms with Crippen LogP contribution in [0.2, 0.25) is 0 Å². The maximum Gasteiger partial charge on any atom is 0.115 e. The number of aryl methyl sites for hydroxylation is 2. The molecule has 0 amide bonds. The van der Waals surface area contributed by atoms with Crippen LogP contribution in [0.1, 0.15) is 35.5 Å². The highest BCUT2D eigenvalue weighted by Gasteiger charge is 2.14. The molecule has 0 aromatic carbocycles. The van der Waals surface area contributed by atoms with Crippen molar-refractivity contribution >= 4 is 0 Å². The predicted molar refractivity (Wildman–Crippen MR) is 71.3 cm³/mol. The summed E-state index contributed by atoms with van der Waals surface area (Å²) in [6.07, 6.45) is 5.26. The third-order valence-electron chi connectivity index (χ3n) is 2.76. The Kier molecular flexibility index (Phi) is 3.99. The topological polar surface area (TPSA) is 50.7 Å². The summed E-state index contributed by atoms with van der Waals surface area (Å²) in [5.41, 5.74) is 4.34. The van der Waals surface area contributed by atoms with Crippen molar-refractivity contribution in [3.8, 4) is 0 Å². The zero-order valence-electron chi connectivity index (χ0n) is 11.0. The second kappa shape index (κ2) is 5.69. The van der Waals surface area contributed by atoms with Gasteiger partial charge in [0, 0.05) is 29.3 Å². The summed E-state index contributed by atoms with van der Waals surface area (Å²) in [4.78, 5) is 12.6. The zero-order chi connectivity index (χ0) is 13.0. The lowest BCUT2D eigenvalue weighted by atomic mass is 10.0. The van der Waals surface area contributed by atoms with Gasteiger partial charge in [-0.2, -0.15) is 0 Å². The van der Waals surface area contributed by atoms with Gasteiger partial charge in [-0.05, 0) is 38.1 Å². The van der Waals surface area contributed by atoms with E-state index in [2.05, 4.69) is 39.3 Å². The Morgan fingerprint density at radius 3 is 2.22 bits per heavy atom. The summed E-state index contributed by atoms with van der Waals surface area (Å²) in [6, 6.07) is 4.33. The monoisotopic (exact) mass is 242 g/mol. The minimum atomic E-state index is 0.122. The molecule has 2 heterocycles. The zero-order valence-corrected chi connectivity index (χ0v) is 11.0. The quantitative estimate of drug-likeness (QED) is 0.893. The van der Waals surface area contributed by atoms with E-state index in [1.165, 1.54) is 5.56 Å². The number of aromatic nitrogens is 3. The molecule has 0 spiro atoms. The lowest BCUT2D eigenvalue weighted by Crippen LogP contribution is -2.22. The smallest absolute Gasteiger partial charge is 0.115 e. The fraction of sp³-hybridized carbons (Fsp3) is 0.357. The van der Waals surface area contributed by atoms with E-state index in [4.69, 9.17) is 0 Å². The Bertz CT molecular complexity index is 490. The molecule has 2 aromatic heterocycles. The minimum absolute atomic E-state index is 0.122. The van der Waals surface area contributed by atoms with Crippen molar-refractivity contribution in [2.45, 2.75) is 26.8 Å². The summed E-state index contributed by atoms with van der Waals surface area (Å²) < 4.78 is 0. The average molecular weight is 242 g/mol. The second-order valence-electron chi connectivity index (χ2n) is 4.35. The molecule has 0 aliphatic heterocycles. The molecule has 18 heavy (non-hydrogen) atoms. The summed E-state index contributed by atoms with van der Waals surface area (Å²) in [7, 11) is 0. The number of hydrogen-bond acceptors (Lipinski definition) is 4. The first kappa shape index (κ1) is 12.6. The van der Waals surface area contributed by atoms with Crippen molar-refractivity contribution in [2.24, 2.45) is 0 Å². The standard InChI is InChI=1S/C14H18N4/c1-4-17-14(13-7-15-9-16-8-13)12-5-10(2)18-11(3)6-12/h5-9,14,17H,4H2,1-3H3. The van der Waals surface area contributed by atoms with Gasteiger partial charge in [-0.1, -0.05) is 6.92 Å². The second-order valence-corrected chi connectivity index (χ2v) is 4.35. The molecule has 0 aliphatic carbocycles. The molecule has 94 valence electrons. The van der Waals surface area contributed by atoms with Crippen LogP contribution in [0.3, 0.4) is 0 Å². The summed E-state index contributed by atoms with van der Waals surface area (Å²) in [5.74, 6) is 0. The van der Waals surface area contributed by atoms with Crippen LogP contribution in [0.15, 0.2) is 30.9 Å². The van der Waals surface area contributed by atoms with Gasteiger partial charge in [0.05, 0.1) is 6.04 Å². The Morgan fingerprint density at radius 1 is 1.06 bits per heavy atom. The lowest BCUT2D eigenvalue weighted by molar-refractivity contribution is 0.624. The van der Waals surface area contributed by atoms with Gasteiger partial charge in [-0.15, -0.1) is 0 Å². The van der Waals surface area contributed by atoms with Crippen molar-refractivity contribution in [1.82, 2.24) is 20.3 Å². The van der Waals surface area contributed by atoms with Crippen LogP contribution in [0.25, 0.3) is 0 Å². The van der Waals surface area contributed by atoms with E-state index >= 15 is 0 Å². The molecule has 0 fully saturated rings. The molecule has 0 aliphatic rings. The highest BCUT2D eigenvalue weighted by Crippen LogP contribution is 2.21. The molecule has 1 atom stereocenters. The summed E-state index contributed by atoms with van der Waals surface area (Å²) in [5, 5.41) is 3.46. The number of nitrogens with zero attached hydrogens (tertiary/aromatic N) is 3. The van der Waals surface area contributed by atoms with Gasteiger partial charge in [0.1, 0.15) is 6.33 Å². The summed E-state index contributed by atoms with van der Waals surface area (Å²) in [6.45, 7) is 7.01. The van der Waals surface area contributed by atoms with Gasteiger partial charge in [-0.25, -0.2) is 9.97 Å². The third-order valence-corrected chi connectivity index (χ3v) is 2.76. The molecule has 1 N–H and O–H groups in total. The Morgan fingerprint density at radius 2 is 1.67 bits per heavy atom. The van der Waals surface area contributed by atoms with E-state index in [0.29, 0.717) is 0 Å². The largest absolute Gasteiger partial charge is 0.306 e. The number of pyridine rings is 1. The van der Waals surface area contributed by atoms with Crippen LogP contribution in [0.4, 0.5) is 0 Å². The van der Waals surface area contributed by atoms with Crippen molar-refractivity contribution in [1.29, 1.82) is 0 Å². The van der Waals surface area contributed by atoms with Gasteiger partial charge < -0.3 is 5.32 Å². The number of hydrogen-bond donors (Lipinski definition) is 1. The molecule has 2 rings (SSSR count). The van der Waals surface area contributed by atoms with Crippen molar-refractivity contribution in [3.05, 3.63) is 53.4 Å². The Labute approximate surface area is 108 Å². The number of rotatable bonds is 4. The van der Waals surface area contributed by atoms with Gasteiger partial charge >= 0.3 is 0 Å². The first-order valence-corrected chi connectivity index (χ1v) is 6.14. The molecule has 2 aromatic rings. The first-order valence-electron chi connectivity index (χ1n) is 6.14. The van der Waals surface area contributed by atoms with Gasteiger partial charge in [0.15, 0.2) is 0 Å². The first-order chi connectivity index (χ1) is 8.70. The molecular weight excluding hydrogens is 224 g/mol. The highest BCUT2D eigenvalue weighted by atomic mass is 14.9. The Balaban J connectivity index is 2.41. The average Bonchev–Trinajstić information content (AvgIpc) is 2.36. The maximum absolute atomic E-state index is 4.41. The van der Waals surface area contributed by atoms with Crippen LogP contribution in [-0.2, 0) is 0 Å². The van der Waals surface area contributed by atoms with E-state index < -0.39 is 0 Å². The minimum Gasteiger partial charge on any atom is -0.306 e. The lowest BCUT2D eigenvalue weighted by Gasteiger charge is -2.19. The predicted octanol–water partition coefficient (Wildman–Crippen LogP) is 2.19. The maximum atomic E-state index is 4.41. The SMILES string of the molecule is CCNC(c1cncnc1)c1cc(C)nc(C)c1. The van der Waals surface area contributed by atoms with Crippen molar-refractivity contribution in [2.75, 3.05) is 6.54 Å². The summed E-state index contributed by atoms with van der Waals surface area (Å²) >= 11 is 0. The molecule has 0 saturated heterocycles. The van der Waals surface area contributed by atoms with E-state index in [0.717, 1.165) is 23.5 Å². The van der Waals surface area contributed by atoms with E-state index in [9.17, 15) is 0 Å². The fourth-order valence-corrected chi connectivity index (χ4v) is 2.13. The Hall–Kier alpha value is -1.81. The van der Waals surface area contributed by atoms with Gasteiger partial charge in [-0.3, -0.25) is 4.98 Å². The molecule has 4 heteroatoms. The van der Waals surface area contributed by atoms with Gasteiger partial charge in [0.2, 0.25) is 0 Å². The fourth-order valence-electron chi connectivity index (χ4n) is 2.13. The van der Waals surface area contributed by atoms with E-state index in [1.807, 2.05) is 26.2 Å². The normalized spacial score (nSPS) is 12.4. The third kappa shape index (κ3) is 2.90. The molecular formula is C14H18N4. The van der Waals surface area contributed by atoms with E-state index in [-0.39, 0.29) is 6.04 Å². The molecule has 0 radical (unpaired) electrons. The molecule has 0 saturated carbocycles. The van der Waals surface area contributed by atoms with Crippen molar-refractivity contribution in [3.63, 3.8) is 0 Å². The molecule has 4 nitrogen and oxygen atoms in total. The molecule has 0 bridgehead atoms. The van der Waals surface area contributed by atoms with Crippen LogP contribution >= 0.6 is 0 Å². The van der Waals surface area contributed by atoms with Crippen LogP contribution in [0.5, 0.6) is 0 Å². The molecule has 1 unspecified atom stereocenters. The van der Waals surface area contributed by atoms with Crippen LogP contribution in [0, 0.1) is 13.8 Å².